The lowest BCUT2D eigenvalue weighted by atomic mass is 10.1. The molecular formula is C20H22N4O3. The Balaban J connectivity index is 1.46. The lowest BCUT2D eigenvalue weighted by molar-refractivity contribution is 0.0788. The zero-order valence-corrected chi connectivity index (χ0v) is 15.6. The molecule has 1 atom stereocenters. The fourth-order valence-corrected chi connectivity index (χ4v) is 3.14. The smallest absolute Gasteiger partial charge is 0.253 e. The molecule has 0 fully saturated rings. The van der Waals surface area contributed by atoms with E-state index in [-0.39, 0.29) is 18.1 Å². The van der Waals surface area contributed by atoms with Crippen molar-refractivity contribution in [1.29, 1.82) is 0 Å². The fourth-order valence-electron chi connectivity index (χ4n) is 3.14. The Kier molecular flexibility index (Phi) is 4.43. The molecule has 27 heavy (non-hydrogen) atoms. The van der Waals surface area contributed by atoms with Crippen LogP contribution in [0.3, 0.4) is 0 Å². The Morgan fingerprint density at radius 2 is 2.11 bits per heavy atom. The molecule has 0 unspecified atom stereocenters. The molecule has 1 amide bonds. The van der Waals surface area contributed by atoms with E-state index in [1.54, 1.807) is 6.20 Å². The summed E-state index contributed by atoms with van der Waals surface area (Å²) >= 11 is 0. The molecule has 0 saturated heterocycles. The first-order chi connectivity index (χ1) is 13.0. The van der Waals surface area contributed by atoms with Gasteiger partial charge in [-0.3, -0.25) is 4.79 Å². The Bertz CT molecular complexity index is 996. The van der Waals surface area contributed by atoms with E-state index in [9.17, 15) is 4.79 Å². The average molecular weight is 366 g/mol. The summed E-state index contributed by atoms with van der Waals surface area (Å²) in [6.45, 7) is 6.69. The lowest BCUT2D eigenvalue weighted by Crippen LogP contribution is -2.40. The maximum atomic E-state index is 12.7. The molecule has 1 aliphatic rings. The lowest BCUT2D eigenvalue weighted by Gasteiger charge is -2.26. The second kappa shape index (κ2) is 6.90. The van der Waals surface area contributed by atoms with Gasteiger partial charge in [0.1, 0.15) is 12.7 Å². The summed E-state index contributed by atoms with van der Waals surface area (Å²) in [5, 5.41) is 8.14. The summed E-state index contributed by atoms with van der Waals surface area (Å²) in [4.78, 5) is 17.2. The number of nitrogens with one attached hydrogen (secondary N) is 1. The Labute approximate surface area is 157 Å². The van der Waals surface area contributed by atoms with E-state index < -0.39 is 0 Å². The van der Waals surface area contributed by atoms with Crippen LogP contribution in [0.5, 0.6) is 11.5 Å². The van der Waals surface area contributed by atoms with Gasteiger partial charge < -0.3 is 14.8 Å². The molecule has 3 heterocycles. The van der Waals surface area contributed by atoms with Crippen LogP contribution < -0.4 is 14.8 Å². The van der Waals surface area contributed by atoms with Crippen LogP contribution in [0.25, 0.3) is 11.0 Å². The number of aryl methyl sites for hydroxylation is 1. The molecular weight excluding hydrogens is 344 g/mol. The van der Waals surface area contributed by atoms with E-state index in [0.29, 0.717) is 30.2 Å². The SMILES string of the molecule is Cc1nc2c(cnn2C(C)C)cc1C(=O)NC[C@@H]1COc2ccccc2O1. The normalized spacial score (nSPS) is 15.9. The highest BCUT2D eigenvalue weighted by molar-refractivity contribution is 5.98. The molecule has 0 bridgehead atoms. The largest absolute Gasteiger partial charge is 0.486 e. The van der Waals surface area contributed by atoms with Crippen LogP contribution in [0.1, 0.15) is 35.9 Å². The zero-order chi connectivity index (χ0) is 19.0. The van der Waals surface area contributed by atoms with Crippen molar-refractivity contribution in [3.8, 4) is 11.5 Å². The Morgan fingerprint density at radius 3 is 2.89 bits per heavy atom. The molecule has 0 saturated carbocycles. The van der Waals surface area contributed by atoms with Crippen molar-refractivity contribution in [2.75, 3.05) is 13.2 Å². The van der Waals surface area contributed by atoms with Crippen molar-refractivity contribution in [2.45, 2.75) is 32.9 Å². The van der Waals surface area contributed by atoms with Crippen LogP contribution in [0.4, 0.5) is 0 Å². The minimum atomic E-state index is -0.232. The quantitative estimate of drug-likeness (QED) is 0.768. The number of fused-ring (bicyclic) bond motifs is 2. The number of rotatable bonds is 4. The summed E-state index contributed by atoms with van der Waals surface area (Å²) in [5.41, 5.74) is 2.01. The standard InChI is InChI=1S/C20H22N4O3/c1-12(2)24-19-14(9-22-24)8-16(13(3)23-19)20(25)21-10-15-11-26-17-6-4-5-7-18(17)27-15/h4-9,12,15H,10-11H2,1-3H3,(H,21,25)/t15-/m1/s1. The summed E-state index contributed by atoms with van der Waals surface area (Å²) in [5.74, 6) is 1.25. The van der Waals surface area contributed by atoms with Gasteiger partial charge >= 0.3 is 0 Å². The third kappa shape index (κ3) is 3.32. The monoisotopic (exact) mass is 366 g/mol. The molecule has 0 radical (unpaired) electrons. The maximum absolute atomic E-state index is 12.7. The van der Waals surface area contributed by atoms with Crippen molar-refractivity contribution in [2.24, 2.45) is 0 Å². The van der Waals surface area contributed by atoms with E-state index in [1.807, 2.05) is 41.9 Å². The number of nitrogens with zero attached hydrogens (tertiary/aromatic N) is 3. The van der Waals surface area contributed by atoms with E-state index in [4.69, 9.17) is 9.47 Å². The number of aromatic nitrogens is 3. The summed E-state index contributed by atoms with van der Waals surface area (Å²) in [6.07, 6.45) is 1.51. The van der Waals surface area contributed by atoms with Crippen molar-refractivity contribution in [3.63, 3.8) is 0 Å². The zero-order valence-electron chi connectivity index (χ0n) is 15.6. The van der Waals surface area contributed by atoms with Gasteiger partial charge in [0, 0.05) is 11.4 Å². The topological polar surface area (TPSA) is 78.3 Å². The van der Waals surface area contributed by atoms with Gasteiger partial charge in [-0.1, -0.05) is 12.1 Å². The first kappa shape index (κ1) is 17.3. The van der Waals surface area contributed by atoms with E-state index in [1.165, 1.54) is 0 Å². The molecule has 140 valence electrons. The minimum absolute atomic E-state index is 0.179. The van der Waals surface area contributed by atoms with Gasteiger partial charge in [-0.25, -0.2) is 9.67 Å². The molecule has 0 aliphatic carbocycles. The molecule has 3 aromatic rings. The Hall–Kier alpha value is -3.09. The van der Waals surface area contributed by atoms with E-state index in [2.05, 4.69) is 29.2 Å². The molecule has 7 nitrogen and oxygen atoms in total. The number of carbonyl (C=O) groups excluding carboxylic acids is 1. The maximum Gasteiger partial charge on any atom is 0.253 e. The number of amides is 1. The second-order valence-corrected chi connectivity index (χ2v) is 6.92. The van der Waals surface area contributed by atoms with E-state index in [0.717, 1.165) is 16.8 Å². The van der Waals surface area contributed by atoms with Gasteiger partial charge in [0.15, 0.2) is 17.1 Å². The highest BCUT2D eigenvalue weighted by Gasteiger charge is 2.22. The van der Waals surface area contributed by atoms with Crippen LogP contribution in [-0.2, 0) is 0 Å². The van der Waals surface area contributed by atoms with Crippen LogP contribution in [0.15, 0.2) is 36.5 Å². The highest BCUT2D eigenvalue weighted by Crippen LogP contribution is 2.30. The Morgan fingerprint density at radius 1 is 1.33 bits per heavy atom. The molecule has 1 aromatic carbocycles. The first-order valence-corrected chi connectivity index (χ1v) is 9.04. The third-order valence-corrected chi connectivity index (χ3v) is 4.55. The van der Waals surface area contributed by atoms with Crippen LogP contribution in [-0.4, -0.2) is 39.9 Å². The summed E-state index contributed by atoms with van der Waals surface area (Å²) < 4.78 is 13.4. The summed E-state index contributed by atoms with van der Waals surface area (Å²) in [6, 6.07) is 9.57. The predicted molar refractivity (Wildman–Crippen MR) is 101 cm³/mol. The number of pyridine rings is 1. The number of hydrogen-bond acceptors (Lipinski definition) is 5. The fraction of sp³-hybridized carbons (Fsp3) is 0.350. The predicted octanol–water partition coefficient (Wildman–Crippen LogP) is 2.89. The first-order valence-electron chi connectivity index (χ1n) is 9.04. The van der Waals surface area contributed by atoms with Crippen LogP contribution in [0, 0.1) is 6.92 Å². The number of benzene rings is 1. The molecule has 7 heteroatoms. The van der Waals surface area contributed by atoms with Crippen molar-refractivity contribution >= 4 is 16.9 Å². The van der Waals surface area contributed by atoms with Gasteiger partial charge in [-0.05, 0) is 39.0 Å². The van der Waals surface area contributed by atoms with Crippen LogP contribution in [0.2, 0.25) is 0 Å². The average Bonchev–Trinajstić information content (AvgIpc) is 3.08. The number of carbonyl (C=O) groups is 1. The van der Waals surface area contributed by atoms with Gasteiger partial charge in [-0.2, -0.15) is 5.10 Å². The summed E-state index contributed by atoms with van der Waals surface area (Å²) in [7, 11) is 0. The van der Waals surface area contributed by atoms with Gasteiger partial charge in [0.05, 0.1) is 24.0 Å². The highest BCUT2D eigenvalue weighted by atomic mass is 16.6. The number of para-hydroxylation sites is 2. The van der Waals surface area contributed by atoms with E-state index >= 15 is 0 Å². The third-order valence-electron chi connectivity index (χ3n) is 4.55. The van der Waals surface area contributed by atoms with Gasteiger partial charge in [0.25, 0.3) is 5.91 Å². The molecule has 2 aromatic heterocycles. The van der Waals surface area contributed by atoms with Gasteiger partial charge in [0.2, 0.25) is 0 Å². The molecule has 1 N–H and O–H groups in total. The number of hydrogen-bond donors (Lipinski definition) is 1. The number of ether oxygens (including phenoxy) is 2. The second-order valence-electron chi connectivity index (χ2n) is 6.92. The van der Waals surface area contributed by atoms with Crippen LogP contribution >= 0.6 is 0 Å². The minimum Gasteiger partial charge on any atom is -0.486 e. The van der Waals surface area contributed by atoms with Crippen molar-refractivity contribution < 1.29 is 14.3 Å². The molecule has 0 spiro atoms. The molecule has 1 aliphatic heterocycles. The van der Waals surface area contributed by atoms with Crippen molar-refractivity contribution in [1.82, 2.24) is 20.1 Å². The van der Waals surface area contributed by atoms with Crippen molar-refractivity contribution in [3.05, 3.63) is 47.8 Å². The van der Waals surface area contributed by atoms with Gasteiger partial charge in [-0.15, -0.1) is 0 Å². The molecule has 4 rings (SSSR count).